The molecule has 0 bridgehead atoms. The van der Waals surface area contributed by atoms with E-state index in [1.54, 1.807) is 19.2 Å². The molecule has 36 heavy (non-hydrogen) atoms. The monoisotopic (exact) mass is 489 g/mol. The van der Waals surface area contributed by atoms with Crippen LogP contribution in [0.25, 0.3) is 10.9 Å². The number of morpholine rings is 1. The fourth-order valence-electron chi connectivity index (χ4n) is 5.14. The van der Waals surface area contributed by atoms with Crippen molar-refractivity contribution in [2.45, 2.75) is 19.3 Å². The minimum absolute atomic E-state index is 0.0370. The molecule has 3 aromatic rings. The van der Waals surface area contributed by atoms with Gasteiger partial charge >= 0.3 is 0 Å². The average molecular weight is 490 g/mol. The van der Waals surface area contributed by atoms with Crippen LogP contribution in [0.15, 0.2) is 30.3 Å². The molecule has 1 fully saturated rings. The zero-order valence-electron chi connectivity index (χ0n) is 21.0. The highest BCUT2D eigenvalue weighted by atomic mass is 16.5. The maximum atomic E-state index is 13.9. The molecule has 0 saturated carbocycles. The number of carbonyl (C=O) groups excluding carboxylic acids is 1. The molecular weight excluding hydrogens is 458 g/mol. The van der Waals surface area contributed by atoms with E-state index in [0.29, 0.717) is 62.1 Å². The van der Waals surface area contributed by atoms with Gasteiger partial charge in [-0.15, -0.1) is 0 Å². The number of nitriles is 1. The van der Waals surface area contributed by atoms with Gasteiger partial charge in [-0.3, -0.25) is 4.79 Å². The molecule has 0 atom stereocenters. The van der Waals surface area contributed by atoms with E-state index in [0.717, 1.165) is 40.9 Å². The van der Waals surface area contributed by atoms with E-state index in [1.807, 2.05) is 12.1 Å². The number of nitrogens with one attached hydrogen (secondary N) is 1. The third-order valence-electron chi connectivity index (χ3n) is 7.07. The molecule has 1 aromatic heterocycles. The first kappa shape index (κ1) is 24.3. The third kappa shape index (κ3) is 4.24. The Bertz CT molecular complexity index is 1330. The predicted octanol–water partition coefficient (Wildman–Crippen LogP) is 3.79. The molecule has 2 aromatic carbocycles. The van der Waals surface area contributed by atoms with E-state index in [2.05, 4.69) is 35.9 Å². The number of hydrogen-bond acceptors (Lipinski definition) is 7. The van der Waals surface area contributed by atoms with Crippen LogP contribution >= 0.6 is 0 Å². The molecule has 0 radical (unpaired) electrons. The Morgan fingerprint density at radius 2 is 1.89 bits per heavy atom. The Hall–Kier alpha value is -3.38. The van der Waals surface area contributed by atoms with Gasteiger partial charge in [0.2, 0.25) is 0 Å². The molecule has 0 amide bonds. The number of benzene rings is 2. The summed E-state index contributed by atoms with van der Waals surface area (Å²) in [6.45, 7) is 8.89. The van der Waals surface area contributed by atoms with Gasteiger partial charge in [0.25, 0.3) is 0 Å². The van der Waals surface area contributed by atoms with Gasteiger partial charge in [0.05, 0.1) is 55.9 Å². The first-order chi connectivity index (χ1) is 17.5. The number of ether oxygens (including phenoxy) is 4. The highest BCUT2D eigenvalue weighted by Gasteiger charge is 2.41. The van der Waals surface area contributed by atoms with Crippen LogP contribution in [0.2, 0.25) is 0 Å². The van der Waals surface area contributed by atoms with Crippen molar-refractivity contribution in [2.75, 3.05) is 64.7 Å². The van der Waals surface area contributed by atoms with Crippen LogP contribution in [0.5, 0.6) is 5.75 Å². The highest BCUT2D eigenvalue weighted by molar-refractivity contribution is 6.20. The van der Waals surface area contributed by atoms with E-state index in [4.69, 9.17) is 18.9 Å². The number of rotatable bonds is 8. The maximum Gasteiger partial charge on any atom is 0.195 e. The normalized spacial score (nSPS) is 16.5. The summed E-state index contributed by atoms with van der Waals surface area (Å²) in [7, 11) is 1.64. The molecular formula is C28H31N3O5. The van der Waals surface area contributed by atoms with E-state index >= 15 is 0 Å². The van der Waals surface area contributed by atoms with E-state index in [1.165, 1.54) is 0 Å². The van der Waals surface area contributed by atoms with Gasteiger partial charge in [0.15, 0.2) is 5.78 Å². The summed E-state index contributed by atoms with van der Waals surface area (Å²) in [5, 5.41) is 10.2. The van der Waals surface area contributed by atoms with Gasteiger partial charge in [-0.25, -0.2) is 0 Å². The smallest absolute Gasteiger partial charge is 0.195 e. The van der Waals surface area contributed by atoms with Gasteiger partial charge in [0, 0.05) is 47.8 Å². The van der Waals surface area contributed by atoms with Crippen molar-refractivity contribution in [3.8, 4) is 11.8 Å². The van der Waals surface area contributed by atoms with Crippen molar-refractivity contribution in [2.24, 2.45) is 0 Å². The second-order valence-corrected chi connectivity index (χ2v) is 9.62. The number of H-pyrrole nitrogens is 1. The zero-order chi connectivity index (χ0) is 25.3. The number of carbonyl (C=O) groups is 1. The predicted molar refractivity (Wildman–Crippen MR) is 136 cm³/mol. The molecule has 0 spiro atoms. The van der Waals surface area contributed by atoms with Crippen LogP contribution in [0.1, 0.15) is 46.6 Å². The molecule has 188 valence electrons. The third-order valence-corrected chi connectivity index (χ3v) is 7.07. The number of ketones is 1. The van der Waals surface area contributed by atoms with Crippen molar-refractivity contribution >= 4 is 22.4 Å². The Morgan fingerprint density at radius 3 is 2.64 bits per heavy atom. The summed E-state index contributed by atoms with van der Waals surface area (Å²) in [6.07, 6.45) is 0. The molecule has 2 aliphatic rings. The van der Waals surface area contributed by atoms with Gasteiger partial charge in [-0.1, -0.05) is 19.9 Å². The fraction of sp³-hybridized carbons (Fsp3) is 0.429. The molecule has 8 heteroatoms. The Balaban J connectivity index is 1.56. The van der Waals surface area contributed by atoms with E-state index < -0.39 is 5.41 Å². The van der Waals surface area contributed by atoms with Crippen LogP contribution in [-0.4, -0.2) is 70.6 Å². The van der Waals surface area contributed by atoms with Crippen LogP contribution in [0.3, 0.4) is 0 Å². The van der Waals surface area contributed by atoms with Crippen LogP contribution in [0, 0.1) is 11.3 Å². The van der Waals surface area contributed by atoms with Gasteiger partial charge in [-0.05, 0) is 29.8 Å². The molecule has 8 nitrogen and oxygen atoms in total. The molecule has 1 N–H and O–H groups in total. The molecule has 5 rings (SSSR count). The summed E-state index contributed by atoms with van der Waals surface area (Å²) in [5.41, 5.74) is 5.00. The molecule has 1 aliphatic heterocycles. The summed E-state index contributed by atoms with van der Waals surface area (Å²) in [4.78, 5) is 19.6. The lowest BCUT2D eigenvalue weighted by Crippen LogP contribution is -2.37. The Morgan fingerprint density at radius 1 is 1.11 bits per heavy atom. The SMILES string of the molecule is COCCOCCOc1cc2c(cc1N1CCOCC1)C(C)(C)c1[nH]c3cc(C#N)ccc3c1C2=O. The fourth-order valence-corrected chi connectivity index (χ4v) is 5.14. The number of methoxy groups -OCH3 is 1. The largest absolute Gasteiger partial charge is 0.489 e. The Kier molecular flexibility index (Phi) is 6.71. The van der Waals surface area contributed by atoms with Crippen molar-refractivity contribution < 1.29 is 23.7 Å². The van der Waals surface area contributed by atoms with Crippen LogP contribution < -0.4 is 9.64 Å². The topological polar surface area (TPSA) is 96.8 Å². The number of fused-ring (bicyclic) bond motifs is 4. The molecule has 0 unspecified atom stereocenters. The van der Waals surface area contributed by atoms with Crippen LogP contribution in [-0.2, 0) is 19.6 Å². The Labute approximate surface area is 210 Å². The lowest BCUT2D eigenvalue weighted by molar-refractivity contribution is 0.0544. The van der Waals surface area contributed by atoms with Crippen molar-refractivity contribution in [3.05, 3.63) is 58.3 Å². The first-order valence-corrected chi connectivity index (χ1v) is 12.3. The number of aromatic amines is 1. The van der Waals surface area contributed by atoms with Crippen molar-refractivity contribution in [1.82, 2.24) is 4.98 Å². The number of aromatic nitrogens is 1. The maximum absolute atomic E-state index is 13.9. The standard InChI is InChI=1S/C28H31N3O5/c1-28(2)21-16-23(31-6-8-34-9-7-31)24(36-13-12-35-11-10-33-3)15-20(21)26(32)25-19-5-4-18(17-29)14-22(19)30-27(25)28/h4-5,14-16,30H,6-13H2,1-3H3. The molecule has 1 aliphatic carbocycles. The zero-order valence-corrected chi connectivity index (χ0v) is 21.0. The van der Waals surface area contributed by atoms with E-state index in [9.17, 15) is 10.1 Å². The van der Waals surface area contributed by atoms with E-state index in [-0.39, 0.29) is 5.78 Å². The molecule has 1 saturated heterocycles. The minimum atomic E-state index is -0.451. The average Bonchev–Trinajstić information content (AvgIpc) is 3.29. The molecule has 2 heterocycles. The summed E-state index contributed by atoms with van der Waals surface area (Å²) < 4.78 is 22.4. The summed E-state index contributed by atoms with van der Waals surface area (Å²) in [6, 6.07) is 11.6. The van der Waals surface area contributed by atoms with Crippen LogP contribution in [0.4, 0.5) is 5.69 Å². The second kappa shape index (κ2) is 9.94. The number of anilines is 1. The quantitative estimate of drug-likeness (QED) is 0.481. The van der Waals surface area contributed by atoms with Crippen molar-refractivity contribution in [3.63, 3.8) is 0 Å². The van der Waals surface area contributed by atoms with Crippen molar-refractivity contribution in [1.29, 1.82) is 5.26 Å². The summed E-state index contributed by atoms with van der Waals surface area (Å²) >= 11 is 0. The lowest BCUT2D eigenvalue weighted by atomic mass is 9.71. The first-order valence-electron chi connectivity index (χ1n) is 12.3. The highest BCUT2D eigenvalue weighted by Crippen LogP contribution is 2.47. The minimum Gasteiger partial charge on any atom is -0.489 e. The summed E-state index contributed by atoms with van der Waals surface area (Å²) in [5.74, 6) is 0.634. The van der Waals surface area contributed by atoms with Gasteiger partial charge < -0.3 is 28.8 Å². The van der Waals surface area contributed by atoms with Gasteiger partial charge in [0.1, 0.15) is 12.4 Å². The number of hydrogen-bond donors (Lipinski definition) is 1. The van der Waals surface area contributed by atoms with Gasteiger partial charge in [-0.2, -0.15) is 5.26 Å². The lowest BCUT2D eigenvalue weighted by Gasteiger charge is -2.36. The number of nitrogens with zero attached hydrogens (tertiary/aromatic N) is 2. The second-order valence-electron chi connectivity index (χ2n) is 9.62.